The molecule has 1 fully saturated rings. The summed E-state index contributed by atoms with van der Waals surface area (Å²) in [4.78, 5) is 6.65. The van der Waals surface area contributed by atoms with E-state index in [4.69, 9.17) is 9.47 Å². The minimum absolute atomic E-state index is 0.186. The maximum absolute atomic E-state index is 9.63. The topological polar surface area (TPSA) is 66.9 Å². The molecular weight excluding hydrogens is 306 g/mol. The Morgan fingerprint density at radius 2 is 1.75 bits per heavy atom. The first kappa shape index (κ1) is 16.4. The molecule has 2 N–H and O–H groups in total. The third-order valence-electron chi connectivity index (χ3n) is 4.21. The number of rotatable bonds is 5. The first-order valence-corrected chi connectivity index (χ1v) is 8.07. The van der Waals surface area contributed by atoms with Crippen molar-refractivity contribution >= 4 is 17.2 Å². The van der Waals surface area contributed by atoms with Gasteiger partial charge < -0.3 is 24.8 Å². The highest BCUT2D eigenvalue weighted by Crippen LogP contribution is 2.31. The lowest BCUT2D eigenvalue weighted by Crippen LogP contribution is -2.36. The van der Waals surface area contributed by atoms with Gasteiger partial charge in [-0.3, -0.25) is 0 Å². The predicted molar refractivity (Wildman–Crippen MR) is 94.5 cm³/mol. The van der Waals surface area contributed by atoms with Gasteiger partial charge in [-0.2, -0.15) is 0 Å². The molecule has 0 unspecified atom stereocenters. The number of nitrogens with zero attached hydrogens (tertiary/aromatic N) is 2. The van der Waals surface area contributed by atoms with Crippen LogP contribution in [-0.4, -0.2) is 43.5 Å². The number of aliphatic hydroxyl groups excluding tert-OH is 1. The van der Waals surface area contributed by atoms with Gasteiger partial charge in [0.25, 0.3) is 0 Å². The van der Waals surface area contributed by atoms with Crippen LogP contribution in [0.1, 0.15) is 12.8 Å². The Morgan fingerprint density at radius 3 is 2.46 bits per heavy atom. The molecule has 6 nitrogen and oxygen atoms in total. The van der Waals surface area contributed by atoms with Gasteiger partial charge in [0.15, 0.2) is 11.5 Å². The smallest absolute Gasteiger partial charge is 0.162 e. The zero-order valence-corrected chi connectivity index (χ0v) is 14.0. The number of methoxy groups -OCH3 is 2. The van der Waals surface area contributed by atoms with Crippen LogP contribution >= 0.6 is 0 Å². The van der Waals surface area contributed by atoms with Crippen LogP contribution in [0.4, 0.5) is 17.2 Å². The van der Waals surface area contributed by atoms with Crippen molar-refractivity contribution < 1.29 is 14.6 Å². The highest BCUT2D eigenvalue weighted by molar-refractivity contribution is 5.65. The quantitative estimate of drug-likeness (QED) is 0.879. The van der Waals surface area contributed by atoms with Gasteiger partial charge in [-0.25, -0.2) is 4.98 Å². The van der Waals surface area contributed by atoms with E-state index in [-0.39, 0.29) is 6.10 Å². The maximum atomic E-state index is 9.63. The van der Waals surface area contributed by atoms with E-state index in [0.717, 1.165) is 43.1 Å². The Balaban J connectivity index is 1.75. The van der Waals surface area contributed by atoms with Crippen molar-refractivity contribution in [1.82, 2.24) is 4.98 Å². The predicted octanol–water partition coefficient (Wildman–Crippen LogP) is 2.80. The molecule has 0 aliphatic carbocycles. The molecule has 2 aromatic rings. The number of aliphatic hydroxyl groups is 1. The molecule has 24 heavy (non-hydrogen) atoms. The summed E-state index contributed by atoms with van der Waals surface area (Å²) < 4.78 is 10.6. The molecule has 3 rings (SSSR count). The number of piperidine rings is 1. The molecule has 1 aliphatic rings. The number of anilines is 3. The van der Waals surface area contributed by atoms with Gasteiger partial charge in [-0.15, -0.1) is 0 Å². The Hall–Kier alpha value is -2.47. The summed E-state index contributed by atoms with van der Waals surface area (Å²) >= 11 is 0. The summed E-state index contributed by atoms with van der Waals surface area (Å²) in [7, 11) is 3.24. The van der Waals surface area contributed by atoms with Crippen molar-refractivity contribution in [2.45, 2.75) is 18.9 Å². The van der Waals surface area contributed by atoms with Crippen LogP contribution in [0.15, 0.2) is 36.5 Å². The molecule has 0 spiro atoms. The summed E-state index contributed by atoms with van der Waals surface area (Å²) in [5.41, 5.74) is 1.87. The van der Waals surface area contributed by atoms with E-state index in [1.54, 1.807) is 20.4 Å². The van der Waals surface area contributed by atoms with Crippen LogP contribution in [0.3, 0.4) is 0 Å². The molecule has 1 saturated heterocycles. The van der Waals surface area contributed by atoms with Crippen LogP contribution < -0.4 is 19.7 Å². The number of pyridine rings is 1. The highest BCUT2D eigenvalue weighted by atomic mass is 16.5. The Morgan fingerprint density at radius 1 is 1.04 bits per heavy atom. The average molecular weight is 329 g/mol. The summed E-state index contributed by atoms with van der Waals surface area (Å²) in [6, 6.07) is 9.66. The second-order valence-corrected chi connectivity index (χ2v) is 5.82. The number of hydrogen-bond acceptors (Lipinski definition) is 6. The maximum Gasteiger partial charge on any atom is 0.162 e. The normalized spacial score (nSPS) is 15.2. The standard InChI is InChI=1S/C18H23N3O3/c1-23-16-4-3-13(11-17(16)24-2)20-14-5-8-19-18(12-14)21-9-6-15(22)7-10-21/h3-5,8,11-12,15,22H,6-7,9-10H2,1-2H3,(H,19,20). The second kappa shape index (κ2) is 7.40. The molecule has 0 saturated carbocycles. The average Bonchev–Trinajstić information content (AvgIpc) is 2.62. The van der Waals surface area contributed by atoms with Gasteiger partial charge in [0, 0.05) is 42.8 Å². The fourth-order valence-electron chi connectivity index (χ4n) is 2.84. The van der Waals surface area contributed by atoms with Crippen molar-refractivity contribution in [1.29, 1.82) is 0 Å². The third-order valence-corrected chi connectivity index (χ3v) is 4.21. The lowest BCUT2D eigenvalue weighted by atomic mass is 10.1. The number of aromatic nitrogens is 1. The first-order valence-electron chi connectivity index (χ1n) is 8.07. The minimum atomic E-state index is -0.186. The zero-order chi connectivity index (χ0) is 16.9. The van der Waals surface area contributed by atoms with Crippen molar-refractivity contribution in [2.24, 2.45) is 0 Å². The summed E-state index contributed by atoms with van der Waals surface area (Å²) in [6.45, 7) is 1.65. The lowest BCUT2D eigenvalue weighted by molar-refractivity contribution is 0.145. The van der Waals surface area contributed by atoms with E-state index in [1.165, 1.54) is 0 Å². The number of hydrogen-bond donors (Lipinski definition) is 2. The summed E-state index contributed by atoms with van der Waals surface area (Å²) in [5.74, 6) is 2.31. The second-order valence-electron chi connectivity index (χ2n) is 5.82. The summed E-state index contributed by atoms with van der Waals surface area (Å²) in [6.07, 6.45) is 3.18. The Bertz CT molecular complexity index is 685. The van der Waals surface area contributed by atoms with Crippen LogP contribution in [0.2, 0.25) is 0 Å². The van der Waals surface area contributed by atoms with Crippen LogP contribution in [0.25, 0.3) is 0 Å². The zero-order valence-electron chi connectivity index (χ0n) is 14.0. The highest BCUT2D eigenvalue weighted by Gasteiger charge is 2.18. The van der Waals surface area contributed by atoms with Gasteiger partial charge in [0.1, 0.15) is 5.82 Å². The van der Waals surface area contributed by atoms with E-state index in [0.29, 0.717) is 11.5 Å². The number of ether oxygens (including phenoxy) is 2. The molecule has 2 heterocycles. The van der Waals surface area contributed by atoms with Crippen molar-refractivity contribution in [3.05, 3.63) is 36.5 Å². The van der Waals surface area contributed by atoms with Crippen molar-refractivity contribution in [2.75, 3.05) is 37.5 Å². The summed E-state index contributed by atoms with van der Waals surface area (Å²) in [5, 5.41) is 13.0. The molecule has 1 aliphatic heterocycles. The van der Waals surface area contributed by atoms with Crippen LogP contribution in [0.5, 0.6) is 11.5 Å². The van der Waals surface area contributed by atoms with E-state index in [2.05, 4.69) is 15.2 Å². The molecular formula is C18H23N3O3. The number of nitrogens with one attached hydrogen (secondary N) is 1. The SMILES string of the molecule is COc1ccc(Nc2ccnc(N3CCC(O)CC3)c2)cc1OC. The molecule has 0 radical (unpaired) electrons. The van der Waals surface area contributed by atoms with Crippen molar-refractivity contribution in [3.63, 3.8) is 0 Å². The molecule has 6 heteroatoms. The van der Waals surface area contributed by atoms with Crippen LogP contribution in [-0.2, 0) is 0 Å². The van der Waals surface area contributed by atoms with Crippen molar-refractivity contribution in [3.8, 4) is 11.5 Å². The largest absolute Gasteiger partial charge is 0.493 e. The van der Waals surface area contributed by atoms with Gasteiger partial charge in [-0.1, -0.05) is 0 Å². The first-order chi connectivity index (χ1) is 11.7. The van der Waals surface area contributed by atoms with Gasteiger partial charge in [0.2, 0.25) is 0 Å². The molecule has 128 valence electrons. The van der Waals surface area contributed by atoms with Gasteiger partial charge in [-0.05, 0) is 31.0 Å². The minimum Gasteiger partial charge on any atom is -0.493 e. The third kappa shape index (κ3) is 3.71. The van der Waals surface area contributed by atoms with E-state index >= 15 is 0 Å². The van der Waals surface area contributed by atoms with Gasteiger partial charge >= 0.3 is 0 Å². The molecule has 0 amide bonds. The fraction of sp³-hybridized carbons (Fsp3) is 0.389. The molecule has 0 bridgehead atoms. The number of benzene rings is 1. The Kier molecular flexibility index (Phi) is 5.05. The van der Waals surface area contributed by atoms with E-state index in [1.807, 2.05) is 30.3 Å². The molecule has 0 atom stereocenters. The van der Waals surface area contributed by atoms with Gasteiger partial charge in [0.05, 0.1) is 20.3 Å². The van der Waals surface area contributed by atoms with E-state index < -0.39 is 0 Å². The van der Waals surface area contributed by atoms with Crippen LogP contribution in [0, 0.1) is 0 Å². The fourth-order valence-corrected chi connectivity index (χ4v) is 2.84. The molecule has 1 aromatic carbocycles. The lowest BCUT2D eigenvalue weighted by Gasteiger charge is -2.30. The Labute approximate surface area is 142 Å². The van der Waals surface area contributed by atoms with E-state index in [9.17, 15) is 5.11 Å². The monoisotopic (exact) mass is 329 g/mol. The molecule has 1 aromatic heterocycles.